The van der Waals surface area contributed by atoms with E-state index in [1.54, 1.807) is 12.2 Å². The summed E-state index contributed by atoms with van der Waals surface area (Å²) in [6.07, 6.45) is 4.18. The summed E-state index contributed by atoms with van der Waals surface area (Å²) < 4.78 is 4.75. The summed E-state index contributed by atoms with van der Waals surface area (Å²) in [7, 11) is 1.38. The first kappa shape index (κ1) is 7.72. The molecule has 3 nitrogen and oxygen atoms in total. The number of ketones is 1. The van der Waals surface area contributed by atoms with Crippen LogP contribution in [0, 0.1) is 0 Å². The Morgan fingerprint density at radius 1 is 1.64 bits per heavy atom. The lowest BCUT2D eigenvalue weighted by Crippen LogP contribution is -2.10. The van der Waals surface area contributed by atoms with Crippen LogP contribution >= 0.6 is 0 Å². The molecule has 0 heterocycles. The van der Waals surface area contributed by atoms with Crippen LogP contribution in [0.5, 0.6) is 0 Å². The van der Waals surface area contributed by atoms with Gasteiger partial charge < -0.3 is 4.74 Å². The van der Waals surface area contributed by atoms with E-state index in [4.69, 9.17) is 4.74 Å². The number of hydrogen-bond acceptors (Lipinski definition) is 3. The van der Waals surface area contributed by atoms with Gasteiger partial charge in [-0.15, -0.1) is 0 Å². The average molecular weight is 152 g/mol. The molecule has 1 rings (SSSR count). The van der Waals surface area contributed by atoms with Crippen LogP contribution in [0.2, 0.25) is 0 Å². The van der Waals surface area contributed by atoms with Crippen LogP contribution < -0.4 is 0 Å². The van der Waals surface area contributed by atoms with Crippen LogP contribution in [-0.4, -0.2) is 19.2 Å². The van der Waals surface area contributed by atoms with Gasteiger partial charge >= 0.3 is 0 Å². The van der Waals surface area contributed by atoms with Crippen LogP contribution in [-0.2, 0) is 14.3 Å². The third-order valence-corrected chi connectivity index (χ3v) is 1.45. The summed E-state index contributed by atoms with van der Waals surface area (Å²) in [6, 6.07) is 0. The van der Waals surface area contributed by atoms with Gasteiger partial charge in [-0.1, -0.05) is 12.2 Å². The monoisotopic (exact) mass is 152 g/mol. The molecule has 0 unspecified atom stereocenters. The highest BCUT2D eigenvalue weighted by molar-refractivity contribution is 6.02. The molecule has 0 atom stereocenters. The molecule has 0 saturated heterocycles. The van der Waals surface area contributed by atoms with Crippen LogP contribution in [0.1, 0.15) is 6.42 Å². The third kappa shape index (κ3) is 1.37. The normalized spacial score (nSPS) is 17.0. The van der Waals surface area contributed by atoms with Gasteiger partial charge in [-0.2, -0.15) is 0 Å². The summed E-state index contributed by atoms with van der Waals surface area (Å²) in [4.78, 5) is 21.3. The number of carbonyl (C=O) groups excluding carboxylic acids is 2. The van der Waals surface area contributed by atoms with Crippen LogP contribution in [0.15, 0.2) is 23.5 Å². The fourth-order valence-electron chi connectivity index (χ4n) is 0.947. The molecule has 0 N–H and O–H groups in total. The molecule has 1 aliphatic rings. The Bertz CT molecular complexity index is 248. The summed E-state index contributed by atoms with van der Waals surface area (Å²) in [5, 5.41) is 0. The van der Waals surface area contributed by atoms with Gasteiger partial charge in [0.05, 0.1) is 12.7 Å². The van der Waals surface area contributed by atoms with Gasteiger partial charge in [-0.25, -0.2) is 0 Å². The van der Waals surface area contributed by atoms with E-state index in [-0.39, 0.29) is 11.5 Å². The summed E-state index contributed by atoms with van der Waals surface area (Å²) in [6.45, 7) is 0. The van der Waals surface area contributed by atoms with Gasteiger partial charge in [0.15, 0.2) is 12.0 Å². The second-order valence-electron chi connectivity index (χ2n) is 2.14. The number of allylic oxidation sites excluding steroid dienone is 4. The summed E-state index contributed by atoms with van der Waals surface area (Å²) in [5.74, 6) is 0.0274. The SMILES string of the molecule is COC1=C(C=O)C=CCC1=O. The molecule has 0 aromatic carbocycles. The lowest BCUT2D eigenvalue weighted by atomic mass is 10.1. The Labute approximate surface area is 64.3 Å². The molecule has 0 bridgehead atoms. The molecule has 0 saturated carbocycles. The van der Waals surface area contributed by atoms with E-state index >= 15 is 0 Å². The minimum atomic E-state index is -0.142. The zero-order valence-electron chi connectivity index (χ0n) is 6.16. The largest absolute Gasteiger partial charge is 0.492 e. The van der Waals surface area contributed by atoms with Gasteiger partial charge in [-0.3, -0.25) is 9.59 Å². The van der Waals surface area contributed by atoms with Crippen molar-refractivity contribution >= 4 is 12.1 Å². The first-order valence-electron chi connectivity index (χ1n) is 3.22. The minimum absolute atomic E-state index is 0.142. The van der Waals surface area contributed by atoms with Crippen molar-refractivity contribution in [3.8, 4) is 0 Å². The van der Waals surface area contributed by atoms with Gasteiger partial charge in [0, 0.05) is 6.42 Å². The first-order valence-corrected chi connectivity index (χ1v) is 3.22. The van der Waals surface area contributed by atoms with Crippen LogP contribution in [0.3, 0.4) is 0 Å². The molecule has 3 heteroatoms. The van der Waals surface area contributed by atoms with Crippen LogP contribution in [0.25, 0.3) is 0 Å². The molecule has 0 aromatic rings. The highest BCUT2D eigenvalue weighted by atomic mass is 16.5. The molecule has 0 aliphatic heterocycles. The second kappa shape index (κ2) is 3.14. The predicted molar refractivity (Wildman–Crippen MR) is 38.9 cm³/mol. The second-order valence-corrected chi connectivity index (χ2v) is 2.14. The number of carbonyl (C=O) groups is 2. The standard InChI is InChI=1S/C8H8O3/c1-11-8-6(5-9)3-2-4-7(8)10/h2-3,5H,4H2,1H3. The number of rotatable bonds is 2. The quantitative estimate of drug-likeness (QED) is 0.544. The number of ether oxygens (including phenoxy) is 1. The molecule has 0 fully saturated rings. The smallest absolute Gasteiger partial charge is 0.201 e. The van der Waals surface area contributed by atoms with E-state index in [9.17, 15) is 9.59 Å². The molecule has 0 radical (unpaired) electrons. The zero-order chi connectivity index (χ0) is 8.27. The number of hydrogen-bond donors (Lipinski definition) is 0. The highest BCUT2D eigenvalue weighted by Crippen LogP contribution is 2.14. The van der Waals surface area contributed by atoms with Crippen molar-refractivity contribution in [2.75, 3.05) is 7.11 Å². The first-order chi connectivity index (χ1) is 5.29. The van der Waals surface area contributed by atoms with Crippen molar-refractivity contribution in [1.29, 1.82) is 0 Å². The van der Waals surface area contributed by atoms with E-state index in [0.29, 0.717) is 18.3 Å². The maximum absolute atomic E-state index is 11.0. The molecule has 11 heavy (non-hydrogen) atoms. The van der Waals surface area contributed by atoms with Gasteiger partial charge in [0.2, 0.25) is 5.78 Å². The number of methoxy groups -OCH3 is 1. The maximum Gasteiger partial charge on any atom is 0.201 e. The lowest BCUT2D eigenvalue weighted by molar-refractivity contribution is -0.118. The Morgan fingerprint density at radius 3 is 2.82 bits per heavy atom. The fourth-order valence-corrected chi connectivity index (χ4v) is 0.947. The van der Waals surface area contributed by atoms with Crippen molar-refractivity contribution in [3.05, 3.63) is 23.5 Å². The van der Waals surface area contributed by atoms with Gasteiger partial charge in [0.25, 0.3) is 0 Å². The van der Waals surface area contributed by atoms with Crippen LogP contribution in [0.4, 0.5) is 0 Å². The Balaban J connectivity index is 3.04. The summed E-state index contributed by atoms with van der Waals surface area (Å²) >= 11 is 0. The van der Waals surface area contributed by atoms with E-state index in [2.05, 4.69) is 0 Å². The Morgan fingerprint density at radius 2 is 2.36 bits per heavy atom. The van der Waals surface area contributed by atoms with Crippen molar-refractivity contribution < 1.29 is 14.3 Å². The molecular formula is C8H8O3. The maximum atomic E-state index is 11.0. The zero-order valence-corrected chi connectivity index (χ0v) is 6.16. The Hall–Kier alpha value is -1.38. The summed E-state index contributed by atoms with van der Waals surface area (Å²) in [5.41, 5.74) is 0.323. The van der Waals surface area contributed by atoms with Crippen molar-refractivity contribution in [3.63, 3.8) is 0 Å². The fraction of sp³-hybridized carbons (Fsp3) is 0.250. The van der Waals surface area contributed by atoms with E-state index in [1.165, 1.54) is 7.11 Å². The molecular weight excluding hydrogens is 144 g/mol. The third-order valence-electron chi connectivity index (χ3n) is 1.45. The van der Waals surface area contributed by atoms with Gasteiger partial charge in [0.1, 0.15) is 0 Å². The molecule has 0 aromatic heterocycles. The highest BCUT2D eigenvalue weighted by Gasteiger charge is 2.16. The molecule has 0 spiro atoms. The molecule has 1 aliphatic carbocycles. The van der Waals surface area contributed by atoms with Gasteiger partial charge in [-0.05, 0) is 0 Å². The average Bonchev–Trinajstić information content (AvgIpc) is 2.04. The Kier molecular flexibility index (Phi) is 2.21. The molecule has 0 amide bonds. The van der Waals surface area contributed by atoms with E-state index in [1.807, 2.05) is 0 Å². The van der Waals surface area contributed by atoms with E-state index < -0.39 is 0 Å². The number of aldehydes is 1. The number of Topliss-reactive ketones (excluding diaryl/α,β-unsaturated/α-hetero) is 1. The topological polar surface area (TPSA) is 43.4 Å². The van der Waals surface area contributed by atoms with Crippen molar-refractivity contribution in [1.82, 2.24) is 0 Å². The minimum Gasteiger partial charge on any atom is -0.492 e. The van der Waals surface area contributed by atoms with Crippen molar-refractivity contribution in [2.24, 2.45) is 0 Å². The van der Waals surface area contributed by atoms with E-state index in [0.717, 1.165) is 0 Å². The molecule has 58 valence electrons. The predicted octanol–water partition coefficient (Wildman–Crippen LogP) is 0.615. The lowest BCUT2D eigenvalue weighted by Gasteiger charge is -2.08. The van der Waals surface area contributed by atoms with Crippen molar-refractivity contribution in [2.45, 2.75) is 6.42 Å².